The lowest BCUT2D eigenvalue weighted by Crippen LogP contribution is -2.32. The second kappa shape index (κ2) is 11.0. The lowest BCUT2D eigenvalue weighted by Gasteiger charge is -2.27. The van der Waals surface area contributed by atoms with E-state index in [1.54, 1.807) is 41.6 Å². The molecule has 0 saturated carbocycles. The van der Waals surface area contributed by atoms with Crippen molar-refractivity contribution in [1.82, 2.24) is 49.5 Å². The van der Waals surface area contributed by atoms with E-state index in [4.69, 9.17) is 4.74 Å². The lowest BCUT2D eigenvalue weighted by molar-refractivity contribution is -0.0494. The standard InChI is InChI=1S/C26H27F2N11O2/c1-16-4-5-21(41-26(27)28)18(12-16)23-20(31-25(40)19-13-30-38-9-3-8-29-24(19)38)14-37(34-23)15-22-32-35-39(33-22)17-6-10-36(2)11-7-17/h3-5,8-9,12-14,17,26H,6-7,10-11,15H2,1-2H3,(H,31,40). The van der Waals surface area contributed by atoms with Crippen molar-refractivity contribution in [2.24, 2.45) is 0 Å². The Balaban J connectivity index is 1.34. The SMILES string of the molecule is Cc1ccc(OC(F)F)c(-c2nn(Cc3nnn(C4CCN(C)CC4)n3)cc2NC(=O)c2cnn3cccnc23)c1. The highest BCUT2D eigenvalue weighted by Gasteiger charge is 2.24. The van der Waals surface area contributed by atoms with E-state index in [9.17, 15) is 13.6 Å². The van der Waals surface area contributed by atoms with Crippen LogP contribution in [0.3, 0.4) is 0 Å². The molecule has 1 aliphatic heterocycles. The molecule has 1 saturated heterocycles. The van der Waals surface area contributed by atoms with Gasteiger partial charge in [-0.2, -0.15) is 23.8 Å². The molecule has 1 aromatic carbocycles. The van der Waals surface area contributed by atoms with Gasteiger partial charge < -0.3 is 15.0 Å². The Morgan fingerprint density at radius 1 is 1.22 bits per heavy atom. The van der Waals surface area contributed by atoms with Crippen molar-refractivity contribution in [2.75, 3.05) is 25.5 Å². The summed E-state index contributed by atoms with van der Waals surface area (Å²) in [5.74, 6) is -0.138. The van der Waals surface area contributed by atoms with Crippen LogP contribution in [0.25, 0.3) is 16.9 Å². The zero-order valence-corrected chi connectivity index (χ0v) is 22.4. The predicted molar refractivity (Wildman–Crippen MR) is 143 cm³/mol. The number of aryl methyl sites for hydroxylation is 1. The summed E-state index contributed by atoms with van der Waals surface area (Å²) in [5.41, 5.74) is 2.21. The van der Waals surface area contributed by atoms with Crippen molar-refractivity contribution in [1.29, 1.82) is 0 Å². The molecule has 0 aliphatic carbocycles. The van der Waals surface area contributed by atoms with Gasteiger partial charge in [0.25, 0.3) is 5.91 Å². The fourth-order valence-corrected chi connectivity index (χ4v) is 4.84. The second-order valence-electron chi connectivity index (χ2n) is 9.93. The van der Waals surface area contributed by atoms with Gasteiger partial charge in [0, 0.05) is 24.2 Å². The average molecular weight is 564 g/mol. The Bertz CT molecular complexity index is 1690. The van der Waals surface area contributed by atoms with Crippen molar-refractivity contribution >= 4 is 17.2 Å². The molecule has 0 radical (unpaired) electrons. The fraction of sp³-hybridized carbons (Fsp3) is 0.346. The van der Waals surface area contributed by atoms with Crippen molar-refractivity contribution in [2.45, 2.75) is 39.0 Å². The molecule has 1 fully saturated rings. The number of nitrogens with one attached hydrogen (secondary N) is 1. The van der Waals surface area contributed by atoms with E-state index in [0.29, 0.717) is 17.0 Å². The molecule has 4 aromatic heterocycles. The van der Waals surface area contributed by atoms with Crippen LogP contribution >= 0.6 is 0 Å². The van der Waals surface area contributed by atoms with Crippen molar-refractivity contribution in [3.63, 3.8) is 0 Å². The zero-order valence-electron chi connectivity index (χ0n) is 22.4. The number of tetrazole rings is 1. The molecule has 0 atom stereocenters. The number of hydrogen-bond acceptors (Lipinski definition) is 9. The van der Waals surface area contributed by atoms with Crippen LogP contribution in [-0.2, 0) is 6.54 Å². The van der Waals surface area contributed by atoms with Gasteiger partial charge in [-0.15, -0.1) is 10.2 Å². The number of ether oxygens (including phenoxy) is 1. The van der Waals surface area contributed by atoms with Gasteiger partial charge in [-0.25, -0.2) is 9.50 Å². The number of rotatable bonds is 8. The predicted octanol–water partition coefficient (Wildman–Crippen LogP) is 3.06. The molecule has 1 aliphatic rings. The number of hydrogen-bond donors (Lipinski definition) is 1. The minimum atomic E-state index is -3.04. The number of fused-ring (bicyclic) bond motifs is 1. The monoisotopic (exact) mass is 563 g/mol. The van der Waals surface area contributed by atoms with E-state index in [-0.39, 0.29) is 35.3 Å². The normalized spacial score (nSPS) is 14.7. The summed E-state index contributed by atoms with van der Waals surface area (Å²) >= 11 is 0. The third-order valence-electron chi connectivity index (χ3n) is 6.93. The van der Waals surface area contributed by atoms with Gasteiger partial charge in [0.15, 0.2) is 11.5 Å². The minimum absolute atomic E-state index is 0.0738. The highest BCUT2D eigenvalue weighted by molar-refractivity contribution is 6.09. The first-order chi connectivity index (χ1) is 19.8. The van der Waals surface area contributed by atoms with E-state index in [2.05, 4.69) is 47.9 Å². The summed E-state index contributed by atoms with van der Waals surface area (Å²) in [5, 5.41) is 24.6. The number of likely N-dealkylation sites (tertiary alicyclic amines) is 1. The Hall–Kier alpha value is -4.79. The van der Waals surface area contributed by atoms with Gasteiger partial charge in [0.05, 0.1) is 17.9 Å². The molecule has 6 rings (SSSR count). The summed E-state index contributed by atoms with van der Waals surface area (Å²) in [6.07, 6.45) is 8.08. The molecule has 41 heavy (non-hydrogen) atoms. The van der Waals surface area contributed by atoms with Gasteiger partial charge in [0.2, 0.25) is 0 Å². The fourth-order valence-electron chi connectivity index (χ4n) is 4.84. The third kappa shape index (κ3) is 5.61. The van der Waals surface area contributed by atoms with E-state index >= 15 is 0 Å². The first-order valence-electron chi connectivity index (χ1n) is 13.0. The molecule has 212 valence electrons. The van der Waals surface area contributed by atoms with Gasteiger partial charge in [-0.05, 0) is 63.3 Å². The molecule has 1 N–H and O–H groups in total. The molecule has 1 amide bonds. The molecule has 13 nitrogen and oxygen atoms in total. The number of carbonyl (C=O) groups excluding carboxylic acids is 1. The topological polar surface area (TPSA) is 133 Å². The number of carbonyl (C=O) groups is 1. The smallest absolute Gasteiger partial charge is 0.387 e. The molecular formula is C26H27F2N11O2. The molecule has 0 bridgehead atoms. The molecule has 5 aromatic rings. The van der Waals surface area contributed by atoms with E-state index in [1.807, 2.05) is 6.92 Å². The van der Waals surface area contributed by atoms with Crippen LogP contribution in [0.5, 0.6) is 5.75 Å². The Kier molecular flexibility index (Phi) is 7.09. The van der Waals surface area contributed by atoms with Crippen LogP contribution in [0, 0.1) is 6.92 Å². The maximum absolute atomic E-state index is 13.3. The Labute approximate surface area is 232 Å². The second-order valence-corrected chi connectivity index (χ2v) is 9.93. The van der Waals surface area contributed by atoms with Crippen molar-refractivity contribution in [3.8, 4) is 17.0 Å². The number of halogens is 2. The number of benzene rings is 1. The zero-order chi connectivity index (χ0) is 28.5. The molecule has 0 unspecified atom stereocenters. The summed E-state index contributed by atoms with van der Waals surface area (Å²) in [7, 11) is 2.08. The summed E-state index contributed by atoms with van der Waals surface area (Å²) in [4.78, 5) is 21.5. The van der Waals surface area contributed by atoms with Gasteiger partial charge in [-0.1, -0.05) is 11.6 Å². The summed E-state index contributed by atoms with van der Waals surface area (Å²) in [6.45, 7) is 0.829. The largest absolute Gasteiger partial charge is 0.434 e. The number of aromatic nitrogens is 9. The molecule has 0 spiro atoms. The van der Waals surface area contributed by atoms with Crippen molar-refractivity contribution < 1.29 is 18.3 Å². The number of amides is 1. The highest BCUT2D eigenvalue weighted by atomic mass is 19.3. The van der Waals surface area contributed by atoms with E-state index < -0.39 is 12.5 Å². The average Bonchev–Trinajstić information content (AvgIpc) is 3.69. The third-order valence-corrected chi connectivity index (χ3v) is 6.93. The van der Waals surface area contributed by atoms with Gasteiger partial charge in [-0.3, -0.25) is 9.48 Å². The maximum atomic E-state index is 13.3. The summed E-state index contributed by atoms with van der Waals surface area (Å²) < 4.78 is 34.3. The number of nitrogens with zero attached hydrogens (tertiary/aromatic N) is 10. The lowest BCUT2D eigenvalue weighted by atomic mass is 10.1. The summed E-state index contributed by atoms with van der Waals surface area (Å²) in [6, 6.07) is 6.64. The van der Waals surface area contributed by atoms with Gasteiger partial charge >= 0.3 is 6.61 Å². The Morgan fingerprint density at radius 3 is 2.85 bits per heavy atom. The van der Waals surface area contributed by atoms with E-state index in [1.165, 1.54) is 21.5 Å². The van der Waals surface area contributed by atoms with E-state index in [0.717, 1.165) is 31.5 Å². The highest BCUT2D eigenvalue weighted by Crippen LogP contribution is 2.36. The first-order valence-corrected chi connectivity index (χ1v) is 13.0. The van der Waals surface area contributed by atoms with Gasteiger partial charge in [0.1, 0.15) is 23.6 Å². The Morgan fingerprint density at radius 2 is 2.05 bits per heavy atom. The van der Waals surface area contributed by atoms with Crippen molar-refractivity contribution in [3.05, 3.63) is 66.0 Å². The van der Waals surface area contributed by atoms with Crippen LogP contribution in [0.1, 0.15) is 40.6 Å². The van der Waals surface area contributed by atoms with Crippen LogP contribution in [0.2, 0.25) is 0 Å². The molecular weight excluding hydrogens is 536 g/mol. The quantitative estimate of drug-likeness (QED) is 0.302. The maximum Gasteiger partial charge on any atom is 0.387 e. The number of piperidine rings is 1. The van der Waals surface area contributed by atoms with Crippen LogP contribution in [0.15, 0.2) is 49.1 Å². The number of alkyl halides is 2. The molecule has 15 heteroatoms. The van der Waals surface area contributed by atoms with Crippen LogP contribution < -0.4 is 10.1 Å². The number of anilines is 1. The van der Waals surface area contributed by atoms with Crippen LogP contribution in [-0.4, -0.2) is 82.1 Å². The minimum Gasteiger partial charge on any atom is -0.434 e. The molecule has 5 heterocycles. The first kappa shape index (κ1) is 26.4. The van der Waals surface area contributed by atoms with Crippen LogP contribution in [0.4, 0.5) is 14.5 Å².